The minimum absolute atomic E-state index is 0.0634. The Morgan fingerprint density at radius 2 is 1.69 bits per heavy atom. The Morgan fingerprint density at radius 1 is 1.04 bits per heavy atom. The third-order valence-corrected chi connectivity index (χ3v) is 8.55. The van der Waals surface area contributed by atoms with Gasteiger partial charge in [-0.05, 0) is 76.3 Å². The molecule has 1 unspecified atom stereocenters. The number of aliphatic hydroxyl groups is 1. The number of rotatable bonds is 7. The van der Waals surface area contributed by atoms with E-state index in [4.69, 9.17) is 4.74 Å². The fourth-order valence-corrected chi connectivity index (χ4v) is 6.08. The molecular formula is C32H41F5N8O4. The van der Waals surface area contributed by atoms with E-state index in [0.717, 1.165) is 16.6 Å². The number of piperidine rings is 1. The molecule has 0 radical (unpaired) electrons. The maximum atomic E-state index is 14.1. The van der Waals surface area contributed by atoms with Crippen molar-refractivity contribution in [3.63, 3.8) is 0 Å². The minimum atomic E-state index is -4.52. The van der Waals surface area contributed by atoms with Crippen LogP contribution in [0.15, 0.2) is 34.6 Å². The van der Waals surface area contributed by atoms with Gasteiger partial charge in [-0.1, -0.05) is 6.92 Å². The maximum Gasteiger partial charge on any atom is 0.416 e. The summed E-state index contributed by atoms with van der Waals surface area (Å²) in [5, 5.41) is 18.6. The van der Waals surface area contributed by atoms with Crippen molar-refractivity contribution in [3.05, 3.63) is 57.0 Å². The standard InChI is InChI=1S/C32H41F5N8O4/c1-6-23-25(41-13-15-43(16-14-41)30(48)49-31(3,4)5)27(47)45-29(39-28(40-45)42-11-9-20(10-12-42)26(33)34)44(23)18-24(46)38-22-8-7-21(17-19(22)2)32(35,36)37/h7-8,17,24,38,46H,6,9-16,18H2,1-5H3. The zero-order chi connectivity index (χ0) is 35.8. The zero-order valence-corrected chi connectivity index (χ0v) is 28.1. The van der Waals surface area contributed by atoms with Gasteiger partial charge in [0.15, 0.2) is 0 Å². The summed E-state index contributed by atoms with van der Waals surface area (Å²) in [5.41, 5.74) is -0.517. The molecule has 1 aromatic carbocycles. The van der Waals surface area contributed by atoms with Crippen molar-refractivity contribution in [3.8, 4) is 0 Å². The molecule has 0 spiro atoms. The van der Waals surface area contributed by atoms with E-state index < -0.39 is 41.3 Å². The second-order valence-electron chi connectivity index (χ2n) is 13.2. The number of alkyl halides is 3. The molecule has 17 heteroatoms. The van der Waals surface area contributed by atoms with Crippen LogP contribution in [0.4, 0.5) is 44.1 Å². The van der Waals surface area contributed by atoms with Crippen LogP contribution in [-0.2, 0) is 23.9 Å². The van der Waals surface area contributed by atoms with Crippen molar-refractivity contribution in [2.24, 2.45) is 0 Å². The number of hydrogen-bond acceptors (Lipinski definition) is 9. The number of anilines is 3. The van der Waals surface area contributed by atoms with E-state index in [-0.39, 0.29) is 74.1 Å². The van der Waals surface area contributed by atoms with Crippen LogP contribution >= 0.6 is 0 Å². The van der Waals surface area contributed by atoms with Gasteiger partial charge in [0.2, 0.25) is 11.7 Å². The summed E-state index contributed by atoms with van der Waals surface area (Å²) in [7, 11) is 0. The van der Waals surface area contributed by atoms with Crippen LogP contribution < -0.4 is 20.7 Å². The largest absolute Gasteiger partial charge is 0.444 e. The number of aryl methyl sites for hydroxylation is 1. The SMILES string of the molecule is CCc1c(N2CCN(C(=O)OC(C)(C)C)CC2)c(=O)n2nc(N3CCC(=C(F)F)CC3)nc2n1CC(O)Nc1ccc(C(F)(F)F)cc1C. The Morgan fingerprint density at radius 3 is 2.24 bits per heavy atom. The number of halogens is 5. The summed E-state index contributed by atoms with van der Waals surface area (Å²) in [6.07, 6.45) is -7.46. The van der Waals surface area contributed by atoms with Crippen molar-refractivity contribution in [2.75, 3.05) is 54.4 Å². The van der Waals surface area contributed by atoms with Crippen LogP contribution in [-0.4, -0.2) is 86.4 Å². The Kier molecular flexibility index (Phi) is 10.1. The van der Waals surface area contributed by atoms with Crippen LogP contribution in [0.3, 0.4) is 0 Å². The first kappa shape index (κ1) is 35.9. The minimum Gasteiger partial charge on any atom is -0.444 e. The maximum absolute atomic E-state index is 14.1. The fraction of sp³-hybridized carbons (Fsp3) is 0.562. The molecule has 5 rings (SSSR count). The Labute approximate surface area is 279 Å². The van der Waals surface area contributed by atoms with Gasteiger partial charge >= 0.3 is 12.3 Å². The van der Waals surface area contributed by atoms with E-state index in [1.54, 1.807) is 35.1 Å². The number of fused-ring (bicyclic) bond motifs is 1. The first-order valence-electron chi connectivity index (χ1n) is 16.1. The molecule has 268 valence electrons. The molecule has 0 saturated carbocycles. The lowest BCUT2D eigenvalue weighted by molar-refractivity contribution is -0.137. The van der Waals surface area contributed by atoms with Crippen LogP contribution in [0, 0.1) is 6.92 Å². The summed E-state index contributed by atoms with van der Waals surface area (Å²) < 4.78 is 74.4. The van der Waals surface area contributed by atoms with Crippen molar-refractivity contribution in [1.29, 1.82) is 0 Å². The first-order chi connectivity index (χ1) is 23.0. The number of nitrogens with zero attached hydrogens (tertiary/aromatic N) is 7. The number of benzene rings is 1. The summed E-state index contributed by atoms with van der Waals surface area (Å²) >= 11 is 0. The number of piperazine rings is 1. The average molecular weight is 697 g/mol. The summed E-state index contributed by atoms with van der Waals surface area (Å²) in [5.74, 6) is 0.273. The lowest BCUT2D eigenvalue weighted by Gasteiger charge is -2.37. The molecule has 2 saturated heterocycles. The molecule has 0 bridgehead atoms. The molecule has 2 aliphatic heterocycles. The number of ether oxygens (including phenoxy) is 1. The quantitative estimate of drug-likeness (QED) is 0.259. The molecule has 12 nitrogen and oxygen atoms in total. The lowest BCUT2D eigenvalue weighted by atomic mass is 10.1. The predicted octanol–water partition coefficient (Wildman–Crippen LogP) is 5.02. The van der Waals surface area contributed by atoms with E-state index in [2.05, 4.69) is 15.4 Å². The molecule has 1 amide bonds. The van der Waals surface area contributed by atoms with Gasteiger partial charge in [0, 0.05) is 50.6 Å². The van der Waals surface area contributed by atoms with Gasteiger partial charge in [-0.2, -0.15) is 31.5 Å². The topological polar surface area (TPSA) is 120 Å². The van der Waals surface area contributed by atoms with E-state index in [0.29, 0.717) is 30.9 Å². The molecule has 1 atom stereocenters. The number of carbonyl (C=O) groups is 1. The van der Waals surface area contributed by atoms with Crippen LogP contribution in [0.25, 0.3) is 5.78 Å². The summed E-state index contributed by atoms with van der Waals surface area (Å²) in [6.45, 7) is 10.1. The highest BCUT2D eigenvalue weighted by molar-refractivity contribution is 5.69. The van der Waals surface area contributed by atoms with Gasteiger partial charge in [0.05, 0.1) is 12.1 Å². The molecule has 2 fully saturated rings. The van der Waals surface area contributed by atoms with E-state index in [1.807, 2.05) is 11.8 Å². The third kappa shape index (κ3) is 7.92. The van der Waals surface area contributed by atoms with Crippen molar-refractivity contribution >= 4 is 29.2 Å². The van der Waals surface area contributed by atoms with Gasteiger partial charge < -0.3 is 34.4 Å². The highest BCUT2D eigenvalue weighted by Crippen LogP contribution is 2.32. The smallest absolute Gasteiger partial charge is 0.416 e. The molecule has 3 aromatic rings. The number of aromatic nitrogens is 4. The van der Waals surface area contributed by atoms with Crippen LogP contribution in [0.2, 0.25) is 0 Å². The Balaban J connectivity index is 1.50. The lowest BCUT2D eigenvalue weighted by Crippen LogP contribution is -2.51. The van der Waals surface area contributed by atoms with E-state index >= 15 is 0 Å². The van der Waals surface area contributed by atoms with Crippen LogP contribution in [0.5, 0.6) is 0 Å². The van der Waals surface area contributed by atoms with Crippen LogP contribution in [0.1, 0.15) is 57.4 Å². The normalized spacial score (nSPS) is 16.7. The van der Waals surface area contributed by atoms with Gasteiger partial charge in [-0.15, -0.1) is 5.10 Å². The monoisotopic (exact) mass is 696 g/mol. The fourth-order valence-electron chi connectivity index (χ4n) is 6.08. The summed E-state index contributed by atoms with van der Waals surface area (Å²) in [4.78, 5) is 36.6. The zero-order valence-electron chi connectivity index (χ0n) is 28.1. The molecule has 2 aromatic heterocycles. The number of aliphatic hydroxyl groups excluding tert-OH is 1. The second kappa shape index (κ2) is 13.8. The second-order valence-corrected chi connectivity index (χ2v) is 13.2. The van der Waals surface area contributed by atoms with Crippen molar-refractivity contribution in [2.45, 2.75) is 78.4 Å². The molecule has 2 aliphatic rings. The average Bonchev–Trinajstić information content (AvgIpc) is 3.48. The van der Waals surface area contributed by atoms with Gasteiger partial charge in [-0.25, -0.2) is 4.79 Å². The Hall–Kier alpha value is -4.41. The first-order valence-corrected chi connectivity index (χ1v) is 16.1. The molecule has 0 aliphatic carbocycles. The highest BCUT2D eigenvalue weighted by Gasteiger charge is 2.32. The van der Waals surface area contributed by atoms with Crippen molar-refractivity contribution in [1.82, 2.24) is 24.1 Å². The third-order valence-electron chi connectivity index (χ3n) is 8.55. The molecule has 49 heavy (non-hydrogen) atoms. The molecular weight excluding hydrogens is 655 g/mol. The molecule has 2 N–H and O–H groups in total. The van der Waals surface area contributed by atoms with Crippen molar-refractivity contribution < 1.29 is 36.6 Å². The molecule has 4 heterocycles. The van der Waals surface area contributed by atoms with E-state index in [1.165, 1.54) is 13.0 Å². The van der Waals surface area contributed by atoms with Gasteiger partial charge in [-0.3, -0.25) is 4.79 Å². The predicted molar refractivity (Wildman–Crippen MR) is 173 cm³/mol. The summed E-state index contributed by atoms with van der Waals surface area (Å²) in [6, 6.07) is 3.15. The van der Waals surface area contributed by atoms with Gasteiger partial charge in [0.25, 0.3) is 11.6 Å². The number of nitrogens with one attached hydrogen (secondary N) is 1. The van der Waals surface area contributed by atoms with E-state index in [9.17, 15) is 36.6 Å². The van der Waals surface area contributed by atoms with Gasteiger partial charge in [0.1, 0.15) is 17.5 Å². The Bertz CT molecular complexity index is 1780. The number of hydrogen-bond donors (Lipinski definition) is 2. The highest BCUT2D eigenvalue weighted by atomic mass is 19.4. The number of carbonyl (C=O) groups excluding carboxylic acids is 1. The number of amides is 1.